The Morgan fingerprint density at radius 3 is 2.47 bits per heavy atom. The van der Waals surface area contributed by atoms with Crippen LogP contribution in [0.2, 0.25) is 5.02 Å². The molecular formula is C25H23ClF2N4O2. The topological polar surface area (TPSA) is 75.2 Å². The predicted molar refractivity (Wildman–Crippen MR) is 127 cm³/mol. The largest absolute Gasteiger partial charge is 0.324 e. The van der Waals surface area contributed by atoms with Crippen molar-refractivity contribution >= 4 is 34.8 Å². The maximum Gasteiger partial charge on any atom is 0.280 e. The molecule has 6 nitrogen and oxygen atoms in total. The SMILES string of the molecule is CC(=O)N(CC1CC1)c1ccc(-c2ccc(NC(=O)Cc3ccc(C(F)F)nc3)cn2)cc1Cl. The summed E-state index contributed by atoms with van der Waals surface area (Å²) in [5.74, 6) is 0.186. The Balaban J connectivity index is 1.40. The smallest absolute Gasteiger partial charge is 0.280 e. The summed E-state index contributed by atoms with van der Waals surface area (Å²) in [7, 11) is 0. The van der Waals surface area contributed by atoms with Crippen LogP contribution in [-0.4, -0.2) is 28.3 Å². The third-order valence-electron chi connectivity index (χ3n) is 5.54. The fourth-order valence-electron chi connectivity index (χ4n) is 3.54. The summed E-state index contributed by atoms with van der Waals surface area (Å²) in [6.07, 6.45) is 2.43. The van der Waals surface area contributed by atoms with Crippen LogP contribution in [0.25, 0.3) is 11.3 Å². The van der Waals surface area contributed by atoms with Gasteiger partial charge in [0.2, 0.25) is 11.8 Å². The Kier molecular flexibility index (Phi) is 7.17. The van der Waals surface area contributed by atoms with Gasteiger partial charge in [-0.15, -0.1) is 0 Å². The van der Waals surface area contributed by atoms with Crippen LogP contribution in [-0.2, 0) is 16.0 Å². The van der Waals surface area contributed by atoms with Crippen molar-refractivity contribution in [2.24, 2.45) is 5.92 Å². The lowest BCUT2D eigenvalue weighted by Gasteiger charge is -2.22. The minimum atomic E-state index is -2.64. The average molecular weight is 485 g/mol. The van der Waals surface area contributed by atoms with Crippen LogP contribution in [0.5, 0.6) is 0 Å². The summed E-state index contributed by atoms with van der Waals surface area (Å²) < 4.78 is 25.2. The number of hydrogen-bond acceptors (Lipinski definition) is 4. The van der Waals surface area contributed by atoms with E-state index in [0.29, 0.717) is 40.1 Å². The van der Waals surface area contributed by atoms with Gasteiger partial charge in [-0.1, -0.05) is 23.7 Å². The first kappa shape index (κ1) is 23.8. The highest BCUT2D eigenvalue weighted by Crippen LogP contribution is 2.35. The fourth-order valence-corrected chi connectivity index (χ4v) is 3.82. The summed E-state index contributed by atoms with van der Waals surface area (Å²) in [5.41, 5.74) is 2.84. The standard InChI is InChI=1S/C25H23ClF2N4O2/c1-15(33)32(14-16-2-3-16)23-9-5-18(11-20(23)26)21-8-6-19(13-30-21)31-24(34)10-17-4-7-22(25(27)28)29-12-17/h4-9,11-13,16,25H,2-3,10,14H2,1H3,(H,31,34). The van der Waals surface area contributed by atoms with Crippen LogP contribution < -0.4 is 10.2 Å². The third-order valence-corrected chi connectivity index (χ3v) is 5.84. The summed E-state index contributed by atoms with van der Waals surface area (Å²) in [6.45, 7) is 2.21. The number of amides is 2. The molecule has 2 aromatic heterocycles. The highest BCUT2D eigenvalue weighted by Gasteiger charge is 2.27. The Morgan fingerprint density at radius 1 is 1.12 bits per heavy atom. The molecule has 2 heterocycles. The number of benzene rings is 1. The molecule has 9 heteroatoms. The van der Waals surface area contributed by atoms with Crippen molar-refractivity contribution in [1.82, 2.24) is 9.97 Å². The van der Waals surface area contributed by atoms with Crippen molar-refractivity contribution in [3.8, 4) is 11.3 Å². The molecule has 1 aliphatic carbocycles. The maximum absolute atomic E-state index is 12.6. The van der Waals surface area contributed by atoms with Gasteiger partial charge in [-0.2, -0.15) is 0 Å². The molecule has 1 fully saturated rings. The normalized spacial score (nSPS) is 13.1. The summed E-state index contributed by atoms with van der Waals surface area (Å²) >= 11 is 6.50. The molecule has 1 N–H and O–H groups in total. The van der Waals surface area contributed by atoms with E-state index in [1.54, 1.807) is 23.1 Å². The van der Waals surface area contributed by atoms with Crippen molar-refractivity contribution in [2.75, 3.05) is 16.8 Å². The molecule has 0 unspecified atom stereocenters. The van der Waals surface area contributed by atoms with E-state index in [9.17, 15) is 18.4 Å². The van der Waals surface area contributed by atoms with Gasteiger partial charge in [-0.3, -0.25) is 19.6 Å². The lowest BCUT2D eigenvalue weighted by Crippen LogP contribution is -2.30. The molecule has 0 atom stereocenters. The molecule has 3 aromatic rings. The number of aromatic nitrogens is 2. The lowest BCUT2D eigenvalue weighted by molar-refractivity contribution is -0.117. The van der Waals surface area contributed by atoms with E-state index in [4.69, 9.17) is 11.6 Å². The number of anilines is 2. The van der Waals surface area contributed by atoms with Gasteiger partial charge < -0.3 is 10.2 Å². The molecule has 4 rings (SSSR count). The molecule has 1 saturated carbocycles. The maximum atomic E-state index is 12.6. The Labute approximate surface area is 201 Å². The second kappa shape index (κ2) is 10.3. The van der Waals surface area contributed by atoms with Crippen LogP contribution in [0.4, 0.5) is 20.2 Å². The number of alkyl halides is 2. The molecule has 1 aliphatic rings. The van der Waals surface area contributed by atoms with Crippen LogP contribution >= 0.6 is 11.6 Å². The molecular weight excluding hydrogens is 462 g/mol. The number of nitrogens with zero attached hydrogens (tertiary/aromatic N) is 3. The van der Waals surface area contributed by atoms with E-state index in [0.717, 1.165) is 18.4 Å². The summed E-state index contributed by atoms with van der Waals surface area (Å²) in [5, 5.41) is 3.20. The molecule has 1 aromatic carbocycles. The lowest BCUT2D eigenvalue weighted by atomic mass is 10.1. The van der Waals surface area contributed by atoms with Crippen molar-refractivity contribution in [3.05, 3.63) is 71.1 Å². The molecule has 0 saturated heterocycles. The fraction of sp³-hybridized carbons (Fsp3) is 0.280. The van der Waals surface area contributed by atoms with E-state index >= 15 is 0 Å². The zero-order valence-corrected chi connectivity index (χ0v) is 19.2. The second-order valence-electron chi connectivity index (χ2n) is 8.29. The van der Waals surface area contributed by atoms with Gasteiger partial charge >= 0.3 is 0 Å². The van der Waals surface area contributed by atoms with E-state index in [-0.39, 0.29) is 23.9 Å². The highest BCUT2D eigenvalue weighted by molar-refractivity contribution is 6.34. The zero-order valence-electron chi connectivity index (χ0n) is 18.5. The number of hydrogen-bond donors (Lipinski definition) is 1. The number of pyridine rings is 2. The van der Waals surface area contributed by atoms with Crippen molar-refractivity contribution in [3.63, 3.8) is 0 Å². The van der Waals surface area contributed by atoms with E-state index in [1.807, 2.05) is 12.1 Å². The quantitative estimate of drug-likeness (QED) is 0.446. The number of carbonyl (C=O) groups excluding carboxylic acids is 2. The predicted octanol–water partition coefficient (Wildman–Crippen LogP) is 5.68. The molecule has 0 bridgehead atoms. The minimum absolute atomic E-state index is 0.00282. The van der Waals surface area contributed by atoms with Crippen molar-refractivity contribution < 1.29 is 18.4 Å². The Morgan fingerprint density at radius 2 is 1.91 bits per heavy atom. The number of rotatable bonds is 8. The molecule has 2 amide bonds. The van der Waals surface area contributed by atoms with E-state index < -0.39 is 6.43 Å². The van der Waals surface area contributed by atoms with Gasteiger partial charge in [0.25, 0.3) is 6.43 Å². The Bertz CT molecular complexity index is 1180. The molecule has 0 radical (unpaired) electrons. The number of carbonyl (C=O) groups is 2. The first-order valence-electron chi connectivity index (χ1n) is 10.9. The summed E-state index contributed by atoms with van der Waals surface area (Å²) in [4.78, 5) is 34.1. The second-order valence-corrected chi connectivity index (χ2v) is 8.70. The first-order chi connectivity index (χ1) is 16.3. The van der Waals surface area contributed by atoms with Gasteiger partial charge in [0.1, 0.15) is 5.69 Å². The van der Waals surface area contributed by atoms with Crippen LogP contribution in [0, 0.1) is 5.92 Å². The van der Waals surface area contributed by atoms with Gasteiger partial charge in [0, 0.05) is 25.2 Å². The molecule has 34 heavy (non-hydrogen) atoms. The van der Waals surface area contributed by atoms with Gasteiger partial charge in [0.05, 0.1) is 34.7 Å². The monoisotopic (exact) mass is 484 g/mol. The van der Waals surface area contributed by atoms with E-state index in [2.05, 4.69) is 15.3 Å². The van der Waals surface area contributed by atoms with Crippen LogP contribution in [0.1, 0.15) is 37.4 Å². The average Bonchev–Trinajstić information content (AvgIpc) is 3.63. The van der Waals surface area contributed by atoms with Gasteiger partial charge in [-0.25, -0.2) is 8.78 Å². The van der Waals surface area contributed by atoms with Gasteiger partial charge in [-0.05, 0) is 54.7 Å². The van der Waals surface area contributed by atoms with Crippen LogP contribution in [0.3, 0.4) is 0 Å². The minimum Gasteiger partial charge on any atom is -0.324 e. The highest BCUT2D eigenvalue weighted by atomic mass is 35.5. The van der Waals surface area contributed by atoms with Crippen molar-refractivity contribution in [1.29, 1.82) is 0 Å². The third kappa shape index (κ3) is 5.94. The molecule has 0 aliphatic heterocycles. The Hall–Kier alpha value is -3.39. The number of nitrogens with one attached hydrogen (secondary N) is 1. The van der Waals surface area contributed by atoms with Gasteiger partial charge in [0.15, 0.2) is 0 Å². The van der Waals surface area contributed by atoms with Crippen molar-refractivity contribution in [2.45, 2.75) is 32.6 Å². The molecule has 176 valence electrons. The summed E-state index contributed by atoms with van der Waals surface area (Å²) in [6, 6.07) is 11.6. The first-order valence-corrected chi connectivity index (χ1v) is 11.2. The zero-order chi connectivity index (χ0) is 24.2. The molecule has 0 spiro atoms. The number of halogens is 3. The van der Waals surface area contributed by atoms with Crippen LogP contribution in [0.15, 0.2) is 54.9 Å². The van der Waals surface area contributed by atoms with E-state index in [1.165, 1.54) is 31.5 Å².